The number of benzene rings is 1. The second kappa shape index (κ2) is 8.14. The number of rotatable bonds is 4. The fraction of sp³-hybridized carbons (Fsp3) is 0.524. The number of morpholine rings is 1. The third kappa shape index (κ3) is 4.01. The number of aryl methyl sites for hydroxylation is 1. The van der Waals surface area contributed by atoms with Gasteiger partial charge in [-0.05, 0) is 18.9 Å². The van der Waals surface area contributed by atoms with E-state index in [1.165, 1.54) is 0 Å². The van der Waals surface area contributed by atoms with E-state index in [4.69, 9.17) is 10.5 Å². The molecule has 8 heteroatoms. The van der Waals surface area contributed by atoms with Gasteiger partial charge in [0.25, 0.3) is 0 Å². The van der Waals surface area contributed by atoms with Crippen LogP contribution in [-0.2, 0) is 21.7 Å². The molecule has 2 aromatic rings. The van der Waals surface area contributed by atoms with Crippen LogP contribution in [0.15, 0.2) is 36.4 Å². The number of carbonyl (C=O) groups excluding carboxylic acids is 1. The summed E-state index contributed by atoms with van der Waals surface area (Å²) in [5, 5.41) is 16.0. The van der Waals surface area contributed by atoms with Gasteiger partial charge in [0.2, 0.25) is 5.91 Å². The van der Waals surface area contributed by atoms with Crippen molar-refractivity contribution in [1.82, 2.24) is 19.6 Å². The fourth-order valence-corrected chi connectivity index (χ4v) is 4.44. The zero-order valence-corrected chi connectivity index (χ0v) is 16.8. The quantitative estimate of drug-likeness (QED) is 0.781. The van der Waals surface area contributed by atoms with Crippen molar-refractivity contribution in [3.8, 4) is 0 Å². The van der Waals surface area contributed by atoms with Gasteiger partial charge in [-0.1, -0.05) is 30.3 Å². The number of amides is 1. The molecule has 8 nitrogen and oxygen atoms in total. The molecule has 156 valence electrons. The highest BCUT2D eigenvalue weighted by atomic mass is 16.5. The number of piperidine rings is 1. The van der Waals surface area contributed by atoms with E-state index < -0.39 is 5.60 Å². The van der Waals surface area contributed by atoms with Crippen molar-refractivity contribution in [1.29, 1.82) is 0 Å². The SMILES string of the molecule is Cc1cc(N)n(CC(=O)N2CC[C@](O)(c3ccccc3)[C@H](N3CCOCC3)C2)n1. The number of hydrogen-bond acceptors (Lipinski definition) is 6. The van der Waals surface area contributed by atoms with Crippen LogP contribution in [-0.4, -0.2) is 76.0 Å². The number of likely N-dealkylation sites (tertiary alicyclic amines) is 1. The number of hydrogen-bond donors (Lipinski definition) is 2. The van der Waals surface area contributed by atoms with Crippen molar-refractivity contribution in [2.45, 2.75) is 31.5 Å². The first-order valence-electron chi connectivity index (χ1n) is 10.1. The van der Waals surface area contributed by atoms with Crippen LogP contribution in [0.25, 0.3) is 0 Å². The number of nitrogens with two attached hydrogens (primary N) is 1. The number of anilines is 1. The minimum absolute atomic E-state index is 0.0341. The molecule has 1 amide bonds. The first kappa shape index (κ1) is 19.9. The number of aromatic nitrogens is 2. The van der Waals surface area contributed by atoms with Crippen LogP contribution in [0.4, 0.5) is 5.82 Å². The summed E-state index contributed by atoms with van der Waals surface area (Å²) >= 11 is 0. The summed E-state index contributed by atoms with van der Waals surface area (Å²) in [6.07, 6.45) is 0.485. The van der Waals surface area contributed by atoms with Crippen LogP contribution >= 0.6 is 0 Å². The molecule has 0 aliphatic carbocycles. The maximum absolute atomic E-state index is 13.0. The lowest BCUT2D eigenvalue weighted by atomic mass is 9.79. The van der Waals surface area contributed by atoms with Crippen molar-refractivity contribution in [3.05, 3.63) is 47.7 Å². The van der Waals surface area contributed by atoms with Crippen LogP contribution in [0.2, 0.25) is 0 Å². The molecular weight excluding hydrogens is 370 g/mol. The maximum Gasteiger partial charge on any atom is 0.244 e. The molecule has 1 aromatic carbocycles. The fourth-order valence-electron chi connectivity index (χ4n) is 4.44. The second-order valence-corrected chi connectivity index (χ2v) is 7.91. The zero-order chi connectivity index (χ0) is 20.4. The van der Waals surface area contributed by atoms with Gasteiger partial charge in [0.1, 0.15) is 18.0 Å². The highest BCUT2D eigenvalue weighted by Crippen LogP contribution is 2.36. The minimum Gasteiger partial charge on any atom is -0.384 e. The third-order valence-electron chi connectivity index (χ3n) is 6.04. The normalized spacial score (nSPS) is 25.9. The summed E-state index contributed by atoms with van der Waals surface area (Å²) in [6, 6.07) is 11.4. The Morgan fingerprint density at radius 2 is 2.00 bits per heavy atom. The molecule has 3 heterocycles. The molecule has 2 saturated heterocycles. The van der Waals surface area contributed by atoms with Gasteiger partial charge < -0.3 is 20.5 Å². The summed E-state index contributed by atoms with van der Waals surface area (Å²) in [6.45, 7) is 5.68. The lowest BCUT2D eigenvalue weighted by Crippen LogP contribution is -2.63. The summed E-state index contributed by atoms with van der Waals surface area (Å²) in [5.74, 6) is 0.451. The van der Waals surface area contributed by atoms with Gasteiger partial charge in [-0.3, -0.25) is 9.69 Å². The van der Waals surface area contributed by atoms with E-state index in [-0.39, 0.29) is 18.5 Å². The first-order valence-corrected chi connectivity index (χ1v) is 10.1. The van der Waals surface area contributed by atoms with E-state index >= 15 is 0 Å². The Hall–Kier alpha value is -2.42. The predicted octanol–water partition coefficient (Wildman–Crippen LogP) is 0.595. The van der Waals surface area contributed by atoms with Crippen molar-refractivity contribution >= 4 is 11.7 Å². The molecule has 2 aliphatic heterocycles. The Kier molecular flexibility index (Phi) is 5.58. The van der Waals surface area contributed by atoms with Gasteiger partial charge in [0.15, 0.2) is 0 Å². The molecule has 2 aliphatic rings. The van der Waals surface area contributed by atoms with Crippen LogP contribution in [0, 0.1) is 6.92 Å². The van der Waals surface area contributed by atoms with Gasteiger partial charge in [0, 0.05) is 32.2 Å². The average molecular weight is 399 g/mol. The highest BCUT2D eigenvalue weighted by Gasteiger charge is 2.46. The van der Waals surface area contributed by atoms with Crippen LogP contribution in [0.1, 0.15) is 17.7 Å². The molecule has 1 aromatic heterocycles. The summed E-state index contributed by atoms with van der Waals surface area (Å²) in [4.78, 5) is 17.1. The van der Waals surface area contributed by atoms with Crippen LogP contribution < -0.4 is 5.73 Å². The molecule has 0 saturated carbocycles. The zero-order valence-electron chi connectivity index (χ0n) is 16.8. The minimum atomic E-state index is -1.00. The van der Waals surface area contributed by atoms with E-state index in [1.54, 1.807) is 10.7 Å². The van der Waals surface area contributed by atoms with E-state index in [0.29, 0.717) is 38.5 Å². The first-order chi connectivity index (χ1) is 14.0. The van der Waals surface area contributed by atoms with Crippen LogP contribution in [0.3, 0.4) is 0 Å². The van der Waals surface area contributed by atoms with E-state index in [9.17, 15) is 9.90 Å². The lowest BCUT2D eigenvalue weighted by Gasteiger charge is -2.50. The standard InChI is InChI=1S/C21H29N5O3/c1-16-13-19(22)26(23-16)15-20(27)25-8-7-21(28,17-5-3-2-4-6-17)18(14-25)24-9-11-29-12-10-24/h2-6,13,18,28H,7-12,14-15,22H2,1H3/t18-,21+/m1/s1. The summed E-state index contributed by atoms with van der Waals surface area (Å²) < 4.78 is 7.04. The summed E-state index contributed by atoms with van der Waals surface area (Å²) in [5.41, 5.74) is 6.64. The molecule has 29 heavy (non-hydrogen) atoms. The van der Waals surface area contributed by atoms with Crippen molar-refractivity contribution in [2.24, 2.45) is 0 Å². The van der Waals surface area contributed by atoms with Crippen molar-refractivity contribution in [2.75, 3.05) is 45.1 Å². The van der Waals surface area contributed by atoms with Gasteiger partial charge in [0.05, 0.1) is 24.9 Å². The molecule has 4 rings (SSSR count). The molecule has 0 radical (unpaired) electrons. The number of carbonyl (C=O) groups is 1. The number of nitrogens with zero attached hydrogens (tertiary/aromatic N) is 4. The maximum atomic E-state index is 13.0. The van der Waals surface area contributed by atoms with Crippen LogP contribution in [0.5, 0.6) is 0 Å². The monoisotopic (exact) mass is 399 g/mol. The molecular formula is C21H29N5O3. The molecule has 0 bridgehead atoms. The van der Waals surface area contributed by atoms with Gasteiger partial charge in [-0.25, -0.2) is 4.68 Å². The molecule has 2 fully saturated rings. The Morgan fingerprint density at radius 1 is 1.28 bits per heavy atom. The Balaban J connectivity index is 1.56. The Morgan fingerprint density at radius 3 is 2.66 bits per heavy atom. The predicted molar refractivity (Wildman–Crippen MR) is 109 cm³/mol. The lowest BCUT2D eigenvalue weighted by molar-refractivity contribution is -0.148. The Labute approximate surface area is 170 Å². The smallest absolute Gasteiger partial charge is 0.244 e. The van der Waals surface area contributed by atoms with Crippen molar-refractivity contribution < 1.29 is 14.6 Å². The number of nitrogen functional groups attached to an aromatic ring is 1. The van der Waals surface area contributed by atoms with Crippen molar-refractivity contribution in [3.63, 3.8) is 0 Å². The average Bonchev–Trinajstić information content (AvgIpc) is 3.06. The topological polar surface area (TPSA) is 96.8 Å². The largest absolute Gasteiger partial charge is 0.384 e. The molecule has 0 unspecified atom stereocenters. The number of ether oxygens (including phenoxy) is 1. The number of aliphatic hydroxyl groups is 1. The van der Waals surface area contributed by atoms with Gasteiger partial charge in [-0.2, -0.15) is 5.10 Å². The van der Waals surface area contributed by atoms with E-state index in [0.717, 1.165) is 24.3 Å². The molecule has 0 spiro atoms. The third-order valence-corrected chi connectivity index (χ3v) is 6.04. The summed E-state index contributed by atoms with van der Waals surface area (Å²) in [7, 11) is 0. The second-order valence-electron chi connectivity index (χ2n) is 7.91. The van der Waals surface area contributed by atoms with E-state index in [1.807, 2.05) is 42.2 Å². The van der Waals surface area contributed by atoms with Gasteiger partial charge in [-0.15, -0.1) is 0 Å². The Bertz CT molecular complexity index is 849. The molecule has 3 N–H and O–H groups in total. The highest BCUT2D eigenvalue weighted by molar-refractivity contribution is 5.76. The van der Waals surface area contributed by atoms with Gasteiger partial charge >= 0.3 is 0 Å². The van der Waals surface area contributed by atoms with E-state index in [2.05, 4.69) is 10.00 Å². The molecule has 2 atom stereocenters.